The van der Waals surface area contributed by atoms with Crippen LogP contribution in [-0.2, 0) is 9.53 Å². The third-order valence-corrected chi connectivity index (χ3v) is 4.67. The first-order chi connectivity index (χ1) is 11.5. The molecule has 2 aromatic carbocycles. The van der Waals surface area contributed by atoms with Crippen molar-refractivity contribution >= 4 is 16.7 Å². The number of amides is 1. The minimum absolute atomic E-state index is 0.0916. The Morgan fingerprint density at radius 1 is 1.12 bits per heavy atom. The molecule has 0 saturated carbocycles. The van der Waals surface area contributed by atoms with Gasteiger partial charge in [-0.1, -0.05) is 24.3 Å². The smallest absolute Gasteiger partial charge is 0.230 e. The van der Waals surface area contributed by atoms with E-state index in [9.17, 15) is 4.79 Å². The first kappa shape index (κ1) is 16.8. The molecule has 3 unspecified atom stereocenters. The van der Waals surface area contributed by atoms with Gasteiger partial charge in [-0.3, -0.25) is 4.79 Å². The highest BCUT2D eigenvalue weighted by Crippen LogP contribution is 2.27. The Hall–Kier alpha value is -2.07. The zero-order valence-electron chi connectivity index (χ0n) is 14.8. The van der Waals surface area contributed by atoms with Gasteiger partial charge in [-0.25, -0.2) is 0 Å². The summed E-state index contributed by atoms with van der Waals surface area (Å²) in [4.78, 5) is 14.8. The van der Waals surface area contributed by atoms with Gasteiger partial charge < -0.3 is 14.4 Å². The summed E-state index contributed by atoms with van der Waals surface area (Å²) in [6, 6.07) is 12.2. The summed E-state index contributed by atoms with van der Waals surface area (Å²) >= 11 is 0. The van der Waals surface area contributed by atoms with E-state index in [-0.39, 0.29) is 24.0 Å². The lowest BCUT2D eigenvalue weighted by Gasteiger charge is -2.36. The van der Waals surface area contributed by atoms with Crippen LogP contribution in [0.5, 0.6) is 5.75 Å². The Morgan fingerprint density at radius 3 is 2.42 bits per heavy atom. The summed E-state index contributed by atoms with van der Waals surface area (Å²) in [5, 5.41) is 2.24. The lowest BCUT2D eigenvalue weighted by molar-refractivity contribution is -0.144. The first-order valence-corrected chi connectivity index (χ1v) is 8.50. The number of morpholine rings is 1. The van der Waals surface area contributed by atoms with Crippen LogP contribution in [0.1, 0.15) is 32.3 Å². The number of rotatable bonds is 3. The maximum Gasteiger partial charge on any atom is 0.230 e. The standard InChI is InChI=1S/C20H25NO3/c1-13-11-21(12-14(2)24-13)20(22)15(3)16-5-6-18-10-19(23-4)8-7-17(18)9-16/h5-10,13-15H,11-12H2,1-4H3. The van der Waals surface area contributed by atoms with E-state index in [0.29, 0.717) is 13.1 Å². The highest BCUT2D eigenvalue weighted by Gasteiger charge is 2.29. The van der Waals surface area contributed by atoms with Gasteiger partial charge in [0.25, 0.3) is 0 Å². The zero-order chi connectivity index (χ0) is 17.3. The van der Waals surface area contributed by atoms with Crippen molar-refractivity contribution in [2.45, 2.75) is 38.9 Å². The molecular formula is C20H25NO3. The van der Waals surface area contributed by atoms with E-state index in [4.69, 9.17) is 9.47 Å². The number of ether oxygens (including phenoxy) is 2. The van der Waals surface area contributed by atoms with Crippen LogP contribution in [0, 0.1) is 0 Å². The van der Waals surface area contributed by atoms with Crippen molar-refractivity contribution in [3.63, 3.8) is 0 Å². The number of benzene rings is 2. The highest BCUT2D eigenvalue weighted by atomic mass is 16.5. The van der Waals surface area contributed by atoms with Gasteiger partial charge in [0, 0.05) is 13.1 Å². The van der Waals surface area contributed by atoms with Crippen molar-refractivity contribution in [1.29, 1.82) is 0 Å². The second kappa shape index (κ2) is 6.81. The van der Waals surface area contributed by atoms with Crippen LogP contribution < -0.4 is 4.74 Å². The van der Waals surface area contributed by atoms with E-state index in [0.717, 1.165) is 22.1 Å². The molecule has 0 radical (unpaired) electrons. The number of fused-ring (bicyclic) bond motifs is 1. The molecule has 0 aromatic heterocycles. The minimum atomic E-state index is -0.158. The Morgan fingerprint density at radius 2 is 1.75 bits per heavy atom. The maximum absolute atomic E-state index is 12.9. The van der Waals surface area contributed by atoms with Crippen molar-refractivity contribution in [2.75, 3.05) is 20.2 Å². The van der Waals surface area contributed by atoms with E-state index >= 15 is 0 Å². The first-order valence-electron chi connectivity index (χ1n) is 8.50. The Bertz CT molecular complexity index is 733. The molecule has 1 fully saturated rings. The molecule has 0 spiro atoms. The van der Waals surface area contributed by atoms with Gasteiger partial charge in [0.1, 0.15) is 5.75 Å². The van der Waals surface area contributed by atoms with Crippen molar-refractivity contribution in [2.24, 2.45) is 0 Å². The molecule has 128 valence electrons. The van der Waals surface area contributed by atoms with Crippen LogP contribution in [0.15, 0.2) is 36.4 Å². The summed E-state index contributed by atoms with van der Waals surface area (Å²) in [7, 11) is 1.67. The van der Waals surface area contributed by atoms with Crippen LogP contribution in [0.3, 0.4) is 0 Å². The Labute approximate surface area is 143 Å². The van der Waals surface area contributed by atoms with Gasteiger partial charge in [0.05, 0.1) is 25.2 Å². The van der Waals surface area contributed by atoms with Gasteiger partial charge in [-0.15, -0.1) is 0 Å². The van der Waals surface area contributed by atoms with Gasteiger partial charge in [-0.05, 0) is 49.2 Å². The fourth-order valence-electron chi connectivity index (χ4n) is 3.41. The van der Waals surface area contributed by atoms with Crippen molar-refractivity contribution in [3.05, 3.63) is 42.0 Å². The van der Waals surface area contributed by atoms with E-state index in [2.05, 4.69) is 12.1 Å². The fourth-order valence-corrected chi connectivity index (χ4v) is 3.41. The second-order valence-electron chi connectivity index (χ2n) is 6.69. The van der Waals surface area contributed by atoms with E-state index in [1.54, 1.807) is 7.11 Å². The molecule has 3 atom stereocenters. The van der Waals surface area contributed by atoms with Crippen molar-refractivity contribution < 1.29 is 14.3 Å². The maximum atomic E-state index is 12.9. The van der Waals surface area contributed by atoms with Crippen molar-refractivity contribution in [1.82, 2.24) is 4.90 Å². The molecule has 1 saturated heterocycles. The van der Waals surface area contributed by atoms with Gasteiger partial charge in [0.2, 0.25) is 5.91 Å². The van der Waals surface area contributed by atoms with Gasteiger partial charge in [0.15, 0.2) is 0 Å². The zero-order valence-corrected chi connectivity index (χ0v) is 14.8. The Balaban J connectivity index is 1.82. The third-order valence-electron chi connectivity index (χ3n) is 4.67. The molecular weight excluding hydrogens is 302 g/mol. The van der Waals surface area contributed by atoms with Crippen LogP contribution >= 0.6 is 0 Å². The quantitative estimate of drug-likeness (QED) is 0.865. The lowest BCUT2D eigenvalue weighted by Crippen LogP contribution is -2.49. The molecule has 1 aliphatic rings. The van der Waals surface area contributed by atoms with Gasteiger partial charge >= 0.3 is 0 Å². The van der Waals surface area contributed by atoms with Crippen molar-refractivity contribution in [3.8, 4) is 5.75 Å². The largest absolute Gasteiger partial charge is 0.497 e. The van der Waals surface area contributed by atoms with Gasteiger partial charge in [-0.2, -0.15) is 0 Å². The topological polar surface area (TPSA) is 38.8 Å². The summed E-state index contributed by atoms with van der Waals surface area (Å²) in [6.45, 7) is 7.35. The number of carbonyl (C=O) groups is 1. The lowest BCUT2D eigenvalue weighted by atomic mass is 9.96. The minimum Gasteiger partial charge on any atom is -0.497 e. The number of hydrogen-bond donors (Lipinski definition) is 0. The molecule has 2 aromatic rings. The third kappa shape index (κ3) is 3.39. The molecule has 0 N–H and O–H groups in total. The van der Waals surface area contributed by atoms with E-state index < -0.39 is 0 Å². The highest BCUT2D eigenvalue weighted by molar-refractivity contribution is 5.88. The Kier molecular flexibility index (Phi) is 4.76. The number of hydrogen-bond acceptors (Lipinski definition) is 3. The molecule has 0 bridgehead atoms. The summed E-state index contributed by atoms with van der Waals surface area (Å²) in [5.41, 5.74) is 1.05. The molecule has 1 heterocycles. The van der Waals surface area contributed by atoms with E-state index in [1.807, 2.05) is 49.9 Å². The summed E-state index contributed by atoms with van der Waals surface area (Å²) in [5.74, 6) is 0.856. The molecule has 0 aliphatic carbocycles. The molecule has 4 heteroatoms. The molecule has 1 aliphatic heterocycles. The van der Waals surface area contributed by atoms with Crippen LogP contribution in [-0.4, -0.2) is 43.2 Å². The van der Waals surface area contributed by atoms with E-state index in [1.165, 1.54) is 0 Å². The summed E-state index contributed by atoms with van der Waals surface area (Å²) < 4.78 is 11.0. The second-order valence-corrected chi connectivity index (χ2v) is 6.69. The SMILES string of the molecule is COc1ccc2cc(C(C)C(=O)N3CC(C)OC(C)C3)ccc2c1. The van der Waals surface area contributed by atoms with Crippen LogP contribution in [0.4, 0.5) is 0 Å². The fraction of sp³-hybridized carbons (Fsp3) is 0.450. The summed E-state index contributed by atoms with van der Waals surface area (Å²) in [6.07, 6.45) is 0.183. The van der Waals surface area contributed by atoms with Crippen LogP contribution in [0.25, 0.3) is 10.8 Å². The molecule has 3 rings (SSSR count). The monoisotopic (exact) mass is 327 g/mol. The normalized spacial score (nSPS) is 22.4. The average molecular weight is 327 g/mol. The predicted molar refractivity (Wildman–Crippen MR) is 95.5 cm³/mol. The van der Waals surface area contributed by atoms with Crippen LogP contribution in [0.2, 0.25) is 0 Å². The molecule has 1 amide bonds. The molecule has 24 heavy (non-hydrogen) atoms. The number of nitrogens with zero attached hydrogens (tertiary/aromatic N) is 1. The number of carbonyl (C=O) groups excluding carboxylic acids is 1. The predicted octanol–water partition coefficient (Wildman–Crippen LogP) is 3.59. The average Bonchev–Trinajstić information content (AvgIpc) is 2.58. The number of methoxy groups -OCH3 is 1. The molecule has 4 nitrogen and oxygen atoms in total.